The van der Waals surface area contributed by atoms with E-state index in [1.165, 1.54) is 12.0 Å². The number of ether oxygens (including phenoxy) is 1. The zero-order valence-corrected chi connectivity index (χ0v) is 13.4. The standard InChI is InChI=1S/C17H24OSi/c1-16(14-8-6-5-7-9-14)17(10-11-19(2,3)4)12-15(17)13-18-16/h5-11,15H,12-13H2,1-4H3/b11-10-/t15-,16?,17-/m0/s1. The Balaban J connectivity index is 1.97. The second-order valence-corrected chi connectivity index (χ2v) is 12.4. The Morgan fingerprint density at radius 2 is 1.89 bits per heavy atom. The van der Waals surface area contributed by atoms with Crippen LogP contribution in [0.2, 0.25) is 19.6 Å². The molecule has 1 nitrogen and oxygen atoms in total. The van der Waals surface area contributed by atoms with Gasteiger partial charge in [0.05, 0.1) is 20.3 Å². The summed E-state index contributed by atoms with van der Waals surface area (Å²) < 4.78 is 6.22. The number of rotatable bonds is 3. The fourth-order valence-corrected chi connectivity index (χ4v) is 4.21. The van der Waals surface area contributed by atoms with Gasteiger partial charge in [-0.25, -0.2) is 0 Å². The summed E-state index contributed by atoms with van der Waals surface area (Å²) in [5.74, 6) is 0.727. The minimum absolute atomic E-state index is 0.130. The van der Waals surface area contributed by atoms with E-state index in [2.05, 4.69) is 68.7 Å². The zero-order valence-electron chi connectivity index (χ0n) is 12.4. The van der Waals surface area contributed by atoms with E-state index in [0.717, 1.165) is 12.5 Å². The summed E-state index contributed by atoms with van der Waals surface area (Å²) in [6.07, 6.45) is 3.79. The molecule has 0 amide bonds. The normalized spacial score (nSPS) is 37.6. The fraction of sp³-hybridized carbons (Fsp3) is 0.529. The minimum atomic E-state index is -1.14. The van der Waals surface area contributed by atoms with E-state index in [4.69, 9.17) is 4.74 Å². The molecule has 2 fully saturated rings. The molecule has 2 aliphatic rings. The van der Waals surface area contributed by atoms with Crippen LogP contribution in [0.5, 0.6) is 0 Å². The molecule has 3 rings (SSSR count). The minimum Gasteiger partial charge on any atom is -0.369 e. The molecule has 102 valence electrons. The lowest BCUT2D eigenvalue weighted by molar-refractivity contribution is -0.0317. The average Bonchev–Trinajstić information content (AvgIpc) is 3.03. The van der Waals surface area contributed by atoms with E-state index in [9.17, 15) is 0 Å². The van der Waals surface area contributed by atoms with Gasteiger partial charge >= 0.3 is 0 Å². The molecular weight excluding hydrogens is 248 g/mol. The van der Waals surface area contributed by atoms with Gasteiger partial charge in [-0.05, 0) is 24.8 Å². The Hall–Kier alpha value is -0.863. The lowest BCUT2D eigenvalue weighted by Crippen LogP contribution is -2.32. The summed E-state index contributed by atoms with van der Waals surface area (Å²) >= 11 is 0. The summed E-state index contributed by atoms with van der Waals surface area (Å²) in [4.78, 5) is 0. The summed E-state index contributed by atoms with van der Waals surface area (Å²) in [7, 11) is -1.14. The van der Waals surface area contributed by atoms with E-state index < -0.39 is 8.07 Å². The Bertz CT molecular complexity index is 502. The molecule has 1 aromatic rings. The van der Waals surface area contributed by atoms with Gasteiger partial charge < -0.3 is 4.74 Å². The number of benzene rings is 1. The van der Waals surface area contributed by atoms with Crippen LogP contribution in [0.25, 0.3) is 0 Å². The maximum atomic E-state index is 6.22. The van der Waals surface area contributed by atoms with Crippen molar-refractivity contribution < 1.29 is 4.74 Å². The number of fused-ring (bicyclic) bond motifs is 1. The molecule has 0 radical (unpaired) electrons. The third-order valence-corrected chi connectivity index (χ3v) is 5.99. The highest BCUT2D eigenvalue weighted by Gasteiger charge is 2.69. The molecule has 1 aliphatic carbocycles. The van der Waals surface area contributed by atoms with Crippen LogP contribution in [0.3, 0.4) is 0 Å². The van der Waals surface area contributed by atoms with Crippen molar-refractivity contribution in [2.24, 2.45) is 11.3 Å². The first-order valence-corrected chi connectivity index (χ1v) is 10.9. The first-order chi connectivity index (χ1) is 8.87. The molecule has 0 bridgehead atoms. The Labute approximate surface area is 117 Å². The topological polar surface area (TPSA) is 9.23 Å². The fourth-order valence-electron chi connectivity index (χ4n) is 3.41. The maximum Gasteiger partial charge on any atom is 0.0997 e. The molecule has 1 aromatic carbocycles. The van der Waals surface area contributed by atoms with Crippen LogP contribution >= 0.6 is 0 Å². The highest BCUT2D eigenvalue weighted by Crippen LogP contribution is 2.70. The van der Waals surface area contributed by atoms with Gasteiger partial charge in [-0.3, -0.25) is 0 Å². The molecule has 0 N–H and O–H groups in total. The molecular formula is C17H24OSi. The van der Waals surface area contributed by atoms with Crippen LogP contribution in [0.1, 0.15) is 18.9 Å². The second-order valence-electron chi connectivity index (χ2n) is 7.35. The molecule has 0 spiro atoms. The molecule has 1 unspecified atom stereocenters. The van der Waals surface area contributed by atoms with Crippen molar-refractivity contribution in [1.82, 2.24) is 0 Å². The quantitative estimate of drug-likeness (QED) is 0.742. The Kier molecular flexibility index (Phi) is 2.81. The third-order valence-electron chi connectivity index (χ3n) is 4.82. The maximum absolute atomic E-state index is 6.22. The number of hydrogen-bond acceptors (Lipinski definition) is 1. The molecule has 2 heteroatoms. The van der Waals surface area contributed by atoms with Gasteiger partial charge in [0.15, 0.2) is 0 Å². The van der Waals surface area contributed by atoms with Gasteiger partial charge in [0.2, 0.25) is 0 Å². The van der Waals surface area contributed by atoms with Crippen molar-refractivity contribution in [3.05, 3.63) is 47.7 Å². The Morgan fingerprint density at radius 3 is 2.47 bits per heavy atom. The van der Waals surface area contributed by atoms with Crippen molar-refractivity contribution in [2.45, 2.75) is 38.6 Å². The predicted molar refractivity (Wildman–Crippen MR) is 82.8 cm³/mol. The van der Waals surface area contributed by atoms with Gasteiger partial charge in [0.25, 0.3) is 0 Å². The zero-order chi connectivity index (χ0) is 13.7. The van der Waals surface area contributed by atoms with Gasteiger partial charge in [0.1, 0.15) is 0 Å². The summed E-state index contributed by atoms with van der Waals surface area (Å²) in [6, 6.07) is 10.7. The van der Waals surface area contributed by atoms with Gasteiger partial charge in [-0.15, -0.1) is 0 Å². The van der Waals surface area contributed by atoms with E-state index >= 15 is 0 Å². The van der Waals surface area contributed by atoms with Crippen LogP contribution in [-0.4, -0.2) is 14.7 Å². The molecule has 1 heterocycles. The first-order valence-electron chi connectivity index (χ1n) is 7.27. The lowest BCUT2D eigenvalue weighted by Gasteiger charge is -2.33. The van der Waals surface area contributed by atoms with Crippen LogP contribution in [0.4, 0.5) is 0 Å². The molecule has 1 saturated heterocycles. The van der Waals surface area contributed by atoms with Crippen molar-refractivity contribution in [1.29, 1.82) is 0 Å². The molecule has 3 atom stereocenters. The van der Waals surface area contributed by atoms with Gasteiger partial charge in [0, 0.05) is 5.41 Å². The van der Waals surface area contributed by atoms with E-state index in [0.29, 0.717) is 0 Å². The van der Waals surface area contributed by atoms with E-state index in [1.807, 2.05) is 0 Å². The third kappa shape index (κ3) is 2.02. The van der Waals surface area contributed by atoms with Gasteiger partial charge in [-0.1, -0.05) is 61.7 Å². The van der Waals surface area contributed by atoms with Gasteiger partial charge in [-0.2, -0.15) is 0 Å². The van der Waals surface area contributed by atoms with Crippen LogP contribution in [0, 0.1) is 11.3 Å². The monoisotopic (exact) mass is 272 g/mol. The van der Waals surface area contributed by atoms with Crippen molar-refractivity contribution in [2.75, 3.05) is 6.61 Å². The Morgan fingerprint density at radius 1 is 1.21 bits per heavy atom. The van der Waals surface area contributed by atoms with Crippen molar-refractivity contribution in [3.63, 3.8) is 0 Å². The SMILES string of the molecule is CC1(c2ccccc2)OC[C@@H]2C[C@@]21/C=C\[Si](C)(C)C. The average molecular weight is 272 g/mol. The summed E-state index contributed by atoms with van der Waals surface area (Å²) in [5, 5.41) is 0. The smallest absolute Gasteiger partial charge is 0.0997 e. The highest BCUT2D eigenvalue weighted by molar-refractivity contribution is 6.80. The predicted octanol–water partition coefficient (Wildman–Crippen LogP) is 4.37. The van der Waals surface area contributed by atoms with Crippen LogP contribution in [-0.2, 0) is 10.3 Å². The largest absolute Gasteiger partial charge is 0.369 e. The number of hydrogen-bond donors (Lipinski definition) is 0. The lowest BCUT2D eigenvalue weighted by atomic mass is 9.80. The van der Waals surface area contributed by atoms with Crippen molar-refractivity contribution >= 4 is 8.07 Å². The summed E-state index contributed by atoms with van der Waals surface area (Å²) in [5.41, 5.74) is 3.96. The van der Waals surface area contributed by atoms with Crippen LogP contribution < -0.4 is 0 Å². The summed E-state index contributed by atoms with van der Waals surface area (Å²) in [6.45, 7) is 10.4. The molecule has 1 saturated carbocycles. The van der Waals surface area contributed by atoms with Crippen LogP contribution in [0.15, 0.2) is 42.1 Å². The molecule has 0 aromatic heterocycles. The molecule has 19 heavy (non-hydrogen) atoms. The first kappa shape index (κ1) is 13.1. The van der Waals surface area contributed by atoms with E-state index in [1.54, 1.807) is 0 Å². The van der Waals surface area contributed by atoms with Crippen molar-refractivity contribution in [3.8, 4) is 0 Å². The van der Waals surface area contributed by atoms with E-state index in [-0.39, 0.29) is 11.0 Å². The second kappa shape index (κ2) is 4.06. The highest BCUT2D eigenvalue weighted by atomic mass is 28.3. The molecule has 1 aliphatic heterocycles.